The Bertz CT molecular complexity index is 794. The predicted octanol–water partition coefficient (Wildman–Crippen LogP) is 4.15. The summed E-state index contributed by atoms with van der Waals surface area (Å²) in [6.07, 6.45) is 8.67. The quantitative estimate of drug-likeness (QED) is 0.675. The number of hydrogen-bond acceptors (Lipinski definition) is 3. The van der Waals surface area contributed by atoms with Crippen LogP contribution in [0.25, 0.3) is 0 Å². The second-order valence-corrected chi connectivity index (χ2v) is 9.16. The van der Waals surface area contributed by atoms with Crippen molar-refractivity contribution >= 4 is 44.8 Å². The lowest BCUT2D eigenvalue weighted by molar-refractivity contribution is -0.121. The number of anilines is 1. The lowest BCUT2D eigenvalue weighted by Crippen LogP contribution is -2.48. The molecule has 0 aromatic heterocycles. The number of nitrogens with zero attached hydrogens (tertiary/aromatic N) is 1. The summed E-state index contributed by atoms with van der Waals surface area (Å²) in [7, 11) is -3.68. The highest BCUT2D eigenvalue weighted by atomic mass is 35.5. The first-order valence-electron chi connectivity index (χ1n) is 8.60. The molecule has 26 heavy (non-hydrogen) atoms. The first-order chi connectivity index (χ1) is 12.2. The van der Waals surface area contributed by atoms with Crippen LogP contribution in [0.2, 0.25) is 10.0 Å². The van der Waals surface area contributed by atoms with E-state index in [9.17, 15) is 13.2 Å². The molecule has 0 fully saturated rings. The Morgan fingerprint density at radius 2 is 2.00 bits per heavy atom. The van der Waals surface area contributed by atoms with Gasteiger partial charge in [0.2, 0.25) is 15.9 Å². The molecule has 0 bridgehead atoms. The van der Waals surface area contributed by atoms with Gasteiger partial charge in [-0.2, -0.15) is 0 Å². The van der Waals surface area contributed by atoms with Gasteiger partial charge in [0.15, 0.2) is 0 Å². The van der Waals surface area contributed by atoms with Crippen LogP contribution in [-0.2, 0) is 14.8 Å². The number of benzene rings is 1. The summed E-state index contributed by atoms with van der Waals surface area (Å²) < 4.78 is 25.6. The number of allylic oxidation sites excluding steroid dienone is 1. The van der Waals surface area contributed by atoms with Crippen LogP contribution in [-0.4, -0.2) is 33.2 Å². The molecule has 0 saturated carbocycles. The van der Waals surface area contributed by atoms with Gasteiger partial charge < -0.3 is 5.32 Å². The van der Waals surface area contributed by atoms with Crippen LogP contribution in [0.15, 0.2) is 29.8 Å². The average Bonchev–Trinajstić information content (AvgIpc) is 2.58. The Morgan fingerprint density at radius 3 is 2.58 bits per heavy atom. The third-order valence-corrected chi connectivity index (χ3v) is 6.36. The largest absolute Gasteiger partial charge is 0.354 e. The van der Waals surface area contributed by atoms with Crippen LogP contribution in [0.5, 0.6) is 0 Å². The molecule has 8 heteroatoms. The Morgan fingerprint density at radius 1 is 1.27 bits per heavy atom. The molecule has 0 saturated heterocycles. The summed E-state index contributed by atoms with van der Waals surface area (Å²) >= 11 is 11.9. The van der Waals surface area contributed by atoms with Gasteiger partial charge in [-0.15, -0.1) is 0 Å². The van der Waals surface area contributed by atoms with Crippen molar-refractivity contribution in [2.45, 2.75) is 45.1 Å². The number of amides is 1. The summed E-state index contributed by atoms with van der Waals surface area (Å²) in [6, 6.07) is 3.59. The Balaban J connectivity index is 2.08. The van der Waals surface area contributed by atoms with Gasteiger partial charge >= 0.3 is 0 Å². The second kappa shape index (κ2) is 9.11. The van der Waals surface area contributed by atoms with E-state index in [1.54, 1.807) is 6.92 Å². The lowest BCUT2D eigenvalue weighted by Gasteiger charge is -2.28. The number of carbonyl (C=O) groups is 1. The number of sulfonamides is 1. The highest BCUT2D eigenvalue weighted by molar-refractivity contribution is 7.92. The van der Waals surface area contributed by atoms with Crippen LogP contribution < -0.4 is 9.62 Å². The monoisotopic (exact) mass is 418 g/mol. The molecular formula is C18H24Cl2N2O3S. The highest BCUT2D eigenvalue weighted by Gasteiger charge is 2.29. The van der Waals surface area contributed by atoms with E-state index >= 15 is 0 Å². The lowest BCUT2D eigenvalue weighted by atomic mass is 9.97. The van der Waals surface area contributed by atoms with Crippen molar-refractivity contribution in [3.63, 3.8) is 0 Å². The first-order valence-corrected chi connectivity index (χ1v) is 11.2. The van der Waals surface area contributed by atoms with Crippen LogP contribution in [0, 0.1) is 0 Å². The minimum atomic E-state index is -3.68. The predicted molar refractivity (Wildman–Crippen MR) is 107 cm³/mol. The SMILES string of the molecule is CC(C(=O)NCCC1=CCCCC1)N(c1ccc(Cl)c(Cl)c1)S(C)(=O)=O. The van der Waals surface area contributed by atoms with Crippen molar-refractivity contribution in [1.29, 1.82) is 0 Å². The molecule has 1 aromatic carbocycles. The zero-order valence-electron chi connectivity index (χ0n) is 15.0. The fraction of sp³-hybridized carbons (Fsp3) is 0.500. The van der Waals surface area contributed by atoms with E-state index in [0.717, 1.165) is 29.8 Å². The minimum Gasteiger partial charge on any atom is -0.354 e. The standard InChI is InChI=1S/C18H24Cl2N2O3S/c1-13(18(23)21-11-10-14-6-4-3-5-7-14)22(26(2,24)25)15-8-9-16(19)17(20)12-15/h6,8-9,12-13H,3-5,7,10-11H2,1-2H3,(H,21,23). The van der Waals surface area contributed by atoms with Crippen molar-refractivity contribution in [2.75, 3.05) is 17.1 Å². The molecule has 2 rings (SSSR count). The molecule has 1 unspecified atom stereocenters. The summed E-state index contributed by atoms with van der Waals surface area (Å²) in [5, 5.41) is 3.39. The van der Waals surface area contributed by atoms with Gasteiger partial charge in [-0.3, -0.25) is 9.10 Å². The van der Waals surface area contributed by atoms with Gasteiger partial charge in [0.25, 0.3) is 0 Å². The molecule has 0 radical (unpaired) electrons. The summed E-state index contributed by atoms with van der Waals surface area (Å²) in [5.74, 6) is -0.349. The maximum absolute atomic E-state index is 12.5. The summed E-state index contributed by atoms with van der Waals surface area (Å²) in [4.78, 5) is 12.5. The molecule has 1 aromatic rings. The molecule has 1 aliphatic carbocycles. The van der Waals surface area contributed by atoms with Crippen LogP contribution in [0.3, 0.4) is 0 Å². The molecule has 1 amide bonds. The Labute approximate surface area is 165 Å². The summed E-state index contributed by atoms with van der Waals surface area (Å²) in [5.41, 5.74) is 1.66. The van der Waals surface area contributed by atoms with E-state index in [2.05, 4.69) is 11.4 Å². The Kier molecular flexibility index (Phi) is 7.38. The van der Waals surface area contributed by atoms with E-state index in [1.807, 2.05) is 0 Å². The van der Waals surface area contributed by atoms with Gasteiger partial charge in [0.1, 0.15) is 6.04 Å². The normalized spacial score (nSPS) is 15.9. The van der Waals surface area contributed by atoms with Crippen molar-refractivity contribution < 1.29 is 13.2 Å². The zero-order chi connectivity index (χ0) is 19.3. The van der Waals surface area contributed by atoms with E-state index in [0.29, 0.717) is 17.3 Å². The van der Waals surface area contributed by atoms with Gasteiger partial charge in [-0.25, -0.2) is 8.42 Å². The van der Waals surface area contributed by atoms with Gasteiger partial charge in [0.05, 0.1) is 22.0 Å². The minimum absolute atomic E-state index is 0.231. The number of hydrogen-bond donors (Lipinski definition) is 1. The molecule has 1 N–H and O–H groups in total. The number of rotatable bonds is 7. The van der Waals surface area contributed by atoms with Gasteiger partial charge in [-0.1, -0.05) is 34.9 Å². The third kappa shape index (κ3) is 5.63. The molecule has 1 aliphatic rings. The van der Waals surface area contributed by atoms with Crippen molar-refractivity contribution in [3.8, 4) is 0 Å². The second-order valence-electron chi connectivity index (χ2n) is 6.48. The van der Waals surface area contributed by atoms with Gasteiger partial charge in [0, 0.05) is 6.54 Å². The maximum Gasteiger partial charge on any atom is 0.243 e. The fourth-order valence-electron chi connectivity index (χ4n) is 3.06. The van der Waals surface area contributed by atoms with Crippen LogP contribution in [0.4, 0.5) is 5.69 Å². The highest BCUT2D eigenvalue weighted by Crippen LogP contribution is 2.29. The average molecular weight is 419 g/mol. The van der Waals surface area contributed by atoms with E-state index in [1.165, 1.54) is 36.6 Å². The Hall–Kier alpha value is -1.24. The number of halogens is 2. The molecule has 0 aliphatic heterocycles. The number of nitrogens with one attached hydrogen (secondary N) is 1. The van der Waals surface area contributed by atoms with Crippen molar-refractivity contribution in [2.24, 2.45) is 0 Å². The zero-order valence-corrected chi connectivity index (χ0v) is 17.3. The molecule has 5 nitrogen and oxygen atoms in total. The molecule has 0 spiro atoms. The topological polar surface area (TPSA) is 66.5 Å². The van der Waals surface area contributed by atoms with E-state index in [-0.39, 0.29) is 10.9 Å². The molecule has 0 heterocycles. The van der Waals surface area contributed by atoms with E-state index in [4.69, 9.17) is 23.2 Å². The first kappa shape index (κ1) is 21.1. The maximum atomic E-state index is 12.5. The fourth-order valence-corrected chi connectivity index (χ4v) is 4.52. The smallest absolute Gasteiger partial charge is 0.243 e. The van der Waals surface area contributed by atoms with Crippen molar-refractivity contribution in [3.05, 3.63) is 39.9 Å². The summed E-state index contributed by atoms with van der Waals surface area (Å²) in [6.45, 7) is 2.05. The molecule has 1 atom stereocenters. The third-order valence-electron chi connectivity index (χ3n) is 4.38. The van der Waals surface area contributed by atoms with Crippen molar-refractivity contribution in [1.82, 2.24) is 5.32 Å². The van der Waals surface area contributed by atoms with Crippen LogP contribution >= 0.6 is 23.2 Å². The molecule has 144 valence electrons. The molecular weight excluding hydrogens is 395 g/mol. The van der Waals surface area contributed by atoms with Gasteiger partial charge in [-0.05, 0) is 57.2 Å². The van der Waals surface area contributed by atoms with Crippen LogP contribution in [0.1, 0.15) is 39.0 Å². The number of carbonyl (C=O) groups excluding carboxylic acids is 1. The van der Waals surface area contributed by atoms with E-state index < -0.39 is 16.1 Å².